The Labute approximate surface area is 168 Å². The number of benzene rings is 2. The topological polar surface area (TPSA) is 59.1 Å². The van der Waals surface area contributed by atoms with Gasteiger partial charge in [0.1, 0.15) is 5.37 Å². The molecule has 2 heterocycles. The van der Waals surface area contributed by atoms with Gasteiger partial charge in [0.15, 0.2) is 4.34 Å². The number of Topliss-reactive ketones (excluding diaryl/α,β-unsaturated/α-hetero) is 1. The Hall–Kier alpha value is -2.48. The summed E-state index contributed by atoms with van der Waals surface area (Å²) in [5.41, 5.74) is 1.41. The van der Waals surface area contributed by atoms with E-state index in [9.17, 15) is 9.59 Å². The van der Waals surface area contributed by atoms with Crippen molar-refractivity contribution in [2.75, 3.05) is 0 Å². The Morgan fingerprint density at radius 2 is 1.74 bits per heavy atom. The van der Waals surface area contributed by atoms with Crippen molar-refractivity contribution < 1.29 is 9.59 Å². The third-order valence-corrected chi connectivity index (χ3v) is 6.91. The van der Waals surface area contributed by atoms with Crippen LogP contribution in [0, 0.1) is 0 Å². The van der Waals surface area contributed by atoms with Crippen molar-refractivity contribution in [3.63, 3.8) is 0 Å². The predicted molar refractivity (Wildman–Crippen MR) is 112 cm³/mol. The van der Waals surface area contributed by atoms with Crippen LogP contribution in [0.4, 0.5) is 0 Å². The SMILES string of the molecule is O=C(N[C@@H](Sc1nc2ccccc2s1)C(=O)c1cccs1)c1ccccc1. The number of ketones is 1. The molecule has 0 saturated carbocycles. The zero-order valence-electron chi connectivity index (χ0n) is 14.0. The molecule has 4 nitrogen and oxygen atoms in total. The second-order valence-corrected chi connectivity index (χ2v) is 8.96. The summed E-state index contributed by atoms with van der Waals surface area (Å²) in [6.07, 6.45) is 0. The van der Waals surface area contributed by atoms with Crippen LogP contribution in [0.25, 0.3) is 10.2 Å². The van der Waals surface area contributed by atoms with Crippen LogP contribution in [-0.2, 0) is 0 Å². The van der Waals surface area contributed by atoms with E-state index in [0.717, 1.165) is 14.6 Å². The minimum absolute atomic E-state index is 0.126. The molecule has 7 heteroatoms. The third kappa shape index (κ3) is 4.10. The van der Waals surface area contributed by atoms with Crippen molar-refractivity contribution in [1.82, 2.24) is 10.3 Å². The molecule has 0 unspecified atom stereocenters. The van der Waals surface area contributed by atoms with Crippen LogP contribution >= 0.6 is 34.4 Å². The Bertz CT molecular complexity index is 1040. The van der Waals surface area contributed by atoms with Crippen LogP contribution < -0.4 is 5.32 Å². The number of amides is 1. The van der Waals surface area contributed by atoms with E-state index in [1.165, 1.54) is 34.4 Å². The van der Waals surface area contributed by atoms with Crippen LogP contribution in [0.15, 0.2) is 76.4 Å². The Morgan fingerprint density at radius 1 is 0.963 bits per heavy atom. The molecule has 1 N–H and O–H groups in total. The number of hydrogen-bond acceptors (Lipinski definition) is 6. The van der Waals surface area contributed by atoms with E-state index in [2.05, 4.69) is 10.3 Å². The maximum Gasteiger partial charge on any atom is 0.252 e. The quantitative estimate of drug-likeness (QED) is 0.273. The molecule has 4 rings (SSSR count). The van der Waals surface area contributed by atoms with Gasteiger partial charge in [0, 0.05) is 5.56 Å². The fraction of sp³-hybridized carbons (Fsp3) is 0.0500. The maximum atomic E-state index is 12.9. The Balaban J connectivity index is 1.61. The van der Waals surface area contributed by atoms with Gasteiger partial charge in [0.2, 0.25) is 5.78 Å². The van der Waals surface area contributed by atoms with Gasteiger partial charge in [-0.25, -0.2) is 4.98 Å². The summed E-state index contributed by atoms with van der Waals surface area (Å²) in [4.78, 5) is 30.7. The van der Waals surface area contributed by atoms with E-state index in [-0.39, 0.29) is 11.7 Å². The lowest BCUT2D eigenvalue weighted by Gasteiger charge is -2.15. The van der Waals surface area contributed by atoms with E-state index >= 15 is 0 Å². The normalized spacial score (nSPS) is 12.0. The summed E-state index contributed by atoms with van der Waals surface area (Å²) in [7, 11) is 0. The molecule has 0 radical (unpaired) electrons. The van der Waals surface area contributed by atoms with Crippen LogP contribution in [0.2, 0.25) is 0 Å². The van der Waals surface area contributed by atoms with Gasteiger partial charge in [0.25, 0.3) is 5.91 Å². The number of rotatable bonds is 6. The van der Waals surface area contributed by atoms with Gasteiger partial charge in [-0.2, -0.15) is 0 Å². The fourth-order valence-corrected chi connectivity index (χ4v) is 5.46. The molecule has 2 aromatic carbocycles. The number of nitrogens with one attached hydrogen (secondary N) is 1. The molecule has 0 spiro atoms. The molecule has 0 saturated heterocycles. The zero-order valence-corrected chi connectivity index (χ0v) is 16.4. The van der Waals surface area contributed by atoms with Crippen LogP contribution in [0.5, 0.6) is 0 Å². The summed E-state index contributed by atoms with van der Waals surface area (Å²) in [6.45, 7) is 0. The lowest BCUT2D eigenvalue weighted by Crippen LogP contribution is -2.38. The van der Waals surface area contributed by atoms with E-state index in [4.69, 9.17) is 0 Å². The summed E-state index contributed by atoms with van der Waals surface area (Å²) < 4.78 is 1.80. The maximum absolute atomic E-state index is 12.9. The number of aromatic nitrogens is 1. The molecule has 1 amide bonds. The average molecular weight is 411 g/mol. The van der Waals surface area contributed by atoms with Gasteiger partial charge in [-0.1, -0.05) is 48.2 Å². The minimum Gasteiger partial charge on any atom is -0.333 e. The number of fused-ring (bicyclic) bond motifs is 1. The van der Waals surface area contributed by atoms with E-state index < -0.39 is 5.37 Å². The first-order valence-corrected chi connectivity index (χ1v) is 10.7. The van der Waals surface area contributed by atoms with Gasteiger partial charge in [-0.3, -0.25) is 9.59 Å². The van der Waals surface area contributed by atoms with E-state index in [1.807, 2.05) is 41.8 Å². The molecule has 4 aromatic rings. The summed E-state index contributed by atoms with van der Waals surface area (Å²) in [5, 5.41) is 3.98. The number of thioether (sulfide) groups is 1. The summed E-state index contributed by atoms with van der Waals surface area (Å²) >= 11 is 4.16. The van der Waals surface area contributed by atoms with E-state index in [1.54, 1.807) is 30.3 Å². The molecule has 0 aliphatic carbocycles. The molecule has 27 heavy (non-hydrogen) atoms. The Kier molecular flexibility index (Phi) is 5.33. The smallest absolute Gasteiger partial charge is 0.252 e. The van der Waals surface area contributed by atoms with Crippen molar-refractivity contribution >= 4 is 56.3 Å². The lowest BCUT2D eigenvalue weighted by molar-refractivity contribution is 0.0894. The number of thiazole rings is 1. The highest BCUT2D eigenvalue weighted by Gasteiger charge is 2.26. The highest BCUT2D eigenvalue weighted by Crippen LogP contribution is 2.33. The first-order chi connectivity index (χ1) is 13.2. The van der Waals surface area contributed by atoms with Crippen LogP contribution in [0.1, 0.15) is 20.0 Å². The van der Waals surface area contributed by atoms with Crippen LogP contribution in [-0.4, -0.2) is 22.0 Å². The van der Waals surface area contributed by atoms with Crippen LogP contribution in [0.3, 0.4) is 0 Å². The summed E-state index contributed by atoms with van der Waals surface area (Å²) in [6, 6.07) is 20.3. The van der Waals surface area contributed by atoms with Crippen molar-refractivity contribution in [3.8, 4) is 0 Å². The first-order valence-electron chi connectivity index (χ1n) is 8.16. The zero-order chi connectivity index (χ0) is 18.6. The van der Waals surface area contributed by atoms with Gasteiger partial charge >= 0.3 is 0 Å². The fourth-order valence-electron chi connectivity index (χ4n) is 2.49. The number of nitrogens with zero attached hydrogens (tertiary/aromatic N) is 1. The number of carbonyl (C=O) groups is 2. The molecular formula is C20H14N2O2S3. The van der Waals surface area contributed by atoms with Crippen molar-refractivity contribution in [2.24, 2.45) is 0 Å². The summed E-state index contributed by atoms with van der Waals surface area (Å²) in [5.74, 6) is -0.405. The Morgan fingerprint density at radius 3 is 2.48 bits per heavy atom. The van der Waals surface area contributed by atoms with Crippen molar-refractivity contribution in [1.29, 1.82) is 0 Å². The number of carbonyl (C=O) groups excluding carboxylic acids is 2. The average Bonchev–Trinajstić information content (AvgIpc) is 3.37. The molecule has 0 bridgehead atoms. The molecule has 0 aliphatic rings. The van der Waals surface area contributed by atoms with Gasteiger partial charge in [-0.15, -0.1) is 22.7 Å². The number of thiophene rings is 1. The van der Waals surface area contributed by atoms with Gasteiger partial charge < -0.3 is 5.32 Å². The molecule has 134 valence electrons. The molecule has 1 atom stereocenters. The minimum atomic E-state index is -0.739. The molecule has 0 aliphatic heterocycles. The van der Waals surface area contributed by atoms with Crippen molar-refractivity contribution in [2.45, 2.75) is 9.71 Å². The predicted octanol–water partition coefficient (Wildman–Crippen LogP) is 5.09. The molecular weight excluding hydrogens is 396 g/mol. The lowest BCUT2D eigenvalue weighted by atomic mass is 10.2. The number of para-hydroxylation sites is 1. The third-order valence-electron chi connectivity index (χ3n) is 3.79. The monoisotopic (exact) mass is 410 g/mol. The largest absolute Gasteiger partial charge is 0.333 e. The second-order valence-electron chi connectivity index (χ2n) is 5.63. The van der Waals surface area contributed by atoms with Gasteiger partial charge in [-0.05, 0) is 35.7 Å². The standard InChI is InChI=1S/C20H14N2O2S3/c23-17(16-11-6-12-25-16)19(22-18(24)13-7-2-1-3-8-13)27-20-21-14-9-4-5-10-15(14)26-20/h1-12,19H,(H,22,24)/t19-/m0/s1. The van der Waals surface area contributed by atoms with Gasteiger partial charge in [0.05, 0.1) is 15.1 Å². The first kappa shape index (κ1) is 17.9. The second kappa shape index (κ2) is 8.04. The van der Waals surface area contributed by atoms with Crippen molar-refractivity contribution in [3.05, 3.63) is 82.6 Å². The number of hydrogen-bond donors (Lipinski definition) is 1. The molecule has 2 aromatic heterocycles. The van der Waals surface area contributed by atoms with E-state index in [0.29, 0.717) is 10.4 Å². The highest BCUT2D eigenvalue weighted by molar-refractivity contribution is 8.02. The highest BCUT2D eigenvalue weighted by atomic mass is 32.2. The molecule has 0 fully saturated rings.